The number of carbonyl (C=O) groups excluding carboxylic acids is 1. The van der Waals surface area contributed by atoms with Gasteiger partial charge < -0.3 is 14.7 Å². The minimum atomic E-state index is -0.524. The number of hydrogen-bond acceptors (Lipinski definition) is 5. The summed E-state index contributed by atoms with van der Waals surface area (Å²) in [6.07, 6.45) is 8.46. The Morgan fingerprint density at radius 2 is 1.80 bits per heavy atom. The van der Waals surface area contributed by atoms with Crippen LogP contribution in [-0.4, -0.2) is 44.3 Å². The quantitative estimate of drug-likeness (QED) is 0.334. The van der Waals surface area contributed by atoms with Gasteiger partial charge in [-0.05, 0) is 104 Å². The molecule has 1 aliphatic carbocycles. The zero-order valence-corrected chi connectivity index (χ0v) is 25.2. The van der Waals surface area contributed by atoms with Crippen molar-refractivity contribution in [1.29, 1.82) is 0 Å². The van der Waals surface area contributed by atoms with Gasteiger partial charge in [-0.2, -0.15) is 4.98 Å². The molecule has 6 rings (SSSR count). The smallest absolute Gasteiger partial charge is 0.410 e. The maximum atomic E-state index is 13.2. The van der Waals surface area contributed by atoms with Crippen LogP contribution in [0.1, 0.15) is 101 Å². The highest BCUT2D eigenvalue weighted by molar-refractivity contribution is 9.10. The molecule has 7 nitrogen and oxygen atoms in total. The monoisotopic (exact) mass is 607 g/mol. The van der Waals surface area contributed by atoms with E-state index >= 15 is 0 Å². The molecule has 2 aliphatic heterocycles. The van der Waals surface area contributed by atoms with E-state index in [-0.39, 0.29) is 29.2 Å². The number of ether oxygens (including phenoxy) is 1. The number of piperidine rings is 1. The molecular formula is C32H38BrN3O4. The molecule has 0 bridgehead atoms. The number of fused-ring (bicyclic) bond motifs is 5. The van der Waals surface area contributed by atoms with Gasteiger partial charge in [0.25, 0.3) is 5.56 Å². The minimum absolute atomic E-state index is 0.00730. The van der Waals surface area contributed by atoms with Crippen LogP contribution in [0.15, 0.2) is 39.6 Å². The Bertz CT molecular complexity index is 1510. The molecule has 2 fully saturated rings. The maximum absolute atomic E-state index is 13.2. The molecule has 3 heterocycles. The van der Waals surface area contributed by atoms with Gasteiger partial charge in [-0.15, -0.1) is 0 Å². The molecule has 3 aromatic rings. The Morgan fingerprint density at radius 3 is 2.50 bits per heavy atom. The second-order valence-electron chi connectivity index (χ2n) is 12.7. The predicted octanol–water partition coefficient (Wildman–Crippen LogP) is 7.38. The number of likely N-dealkylation sites (tertiary alicyclic amines) is 1. The Balaban J connectivity index is 1.35. The van der Waals surface area contributed by atoms with E-state index in [0.717, 1.165) is 64.2 Å². The van der Waals surface area contributed by atoms with E-state index in [2.05, 4.69) is 31.5 Å². The maximum Gasteiger partial charge on any atom is 0.410 e. The second kappa shape index (κ2) is 10.5. The number of carbonyl (C=O) groups is 1. The molecule has 2 aromatic carbocycles. The molecule has 1 saturated heterocycles. The summed E-state index contributed by atoms with van der Waals surface area (Å²) in [7, 11) is 0. The average molecular weight is 609 g/mol. The van der Waals surface area contributed by atoms with Crippen LogP contribution in [0.2, 0.25) is 0 Å². The molecule has 0 radical (unpaired) electrons. The van der Waals surface area contributed by atoms with E-state index < -0.39 is 5.60 Å². The lowest BCUT2D eigenvalue weighted by Crippen LogP contribution is -2.41. The van der Waals surface area contributed by atoms with Crippen LogP contribution >= 0.6 is 15.9 Å². The molecule has 1 N–H and O–H groups in total. The number of phenolic OH excluding ortho intramolecular Hbond substituents is 1. The van der Waals surface area contributed by atoms with Crippen LogP contribution < -0.4 is 5.56 Å². The van der Waals surface area contributed by atoms with Crippen LogP contribution in [0.5, 0.6) is 5.75 Å². The highest BCUT2D eigenvalue weighted by Gasteiger charge is 2.36. The van der Waals surface area contributed by atoms with Crippen molar-refractivity contribution in [1.82, 2.24) is 14.5 Å². The summed E-state index contributed by atoms with van der Waals surface area (Å²) in [5, 5.41) is 11.9. The van der Waals surface area contributed by atoms with Crippen molar-refractivity contribution in [3.63, 3.8) is 0 Å². The summed E-state index contributed by atoms with van der Waals surface area (Å²) < 4.78 is 8.39. The van der Waals surface area contributed by atoms with Crippen molar-refractivity contribution >= 4 is 32.9 Å². The van der Waals surface area contributed by atoms with E-state index in [1.165, 1.54) is 25.7 Å². The molecule has 1 saturated carbocycles. The number of benzene rings is 2. The fourth-order valence-corrected chi connectivity index (χ4v) is 7.49. The standard InChI is InChI=1S/C32H38BrN3O4/c1-32(2,3)40-31(39)35-15-13-20(14-16-35)22-17-23-21(12-11-19-7-4-5-8-19)29-34-30(38)28-24(33)9-6-10-25(28)36(29)26(23)18-27(22)37/h6,9-10,17-21,37H,4-5,7-8,11-16H2,1-3H3. The number of nitrogens with zero attached hydrogens (tertiary/aromatic N) is 3. The van der Waals surface area contributed by atoms with Crippen LogP contribution in [0.4, 0.5) is 4.79 Å². The van der Waals surface area contributed by atoms with Crippen LogP contribution in [0, 0.1) is 5.92 Å². The van der Waals surface area contributed by atoms with Crippen molar-refractivity contribution in [3.8, 4) is 11.4 Å². The fourth-order valence-electron chi connectivity index (χ4n) is 6.97. The van der Waals surface area contributed by atoms with Crippen molar-refractivity contribution in [3.05, 3.63) is 62.1 Å². The van der Waals surface area contributed by atoms with Crippen molar-refractivity contribution in [2.75, 3.05) is 13.1 Å². The molecule has 1 atom stereocenters. The highest BCUT2D eigenvalue weighted by Crippen LogP contribution is 2.47. The molecule has 0 spiro atoms. The number of aromatic nitrogens is 2. The Kier molecular flexibility index (Phi) is 7.18. The van der Waals surface area contributed by atoms with Crippen molar-refractivity contribution in [2.24, 2.45) is 5.92 Å². The number of hydrogen-bond donors (Lipinski definition) is 1. The SMILES string of the molecule is CC(C)(C)OC(=O)N1CCC(c2cc3c(cc2O)-n2c(nc(=O)c4c(Br)cccc42)C3CCC2CCCC2)CC1. The van der Waals surface area contributed by atoms with Gasteiger partial charge >= 0.3 is 6.09 Å². The summed E-state index contributed by atoms with van der Waals surface area (Å²) in [5.74, 6) is 1.92. The first-order valence-corrected chi connectivity index (χ1v) is 15.5. The Hall–Kier alpha value is -2.87. The number of aromatic hydroxyl groups is 1. The molecule has 1 unspecified atom stereocenters. The summed E-state index contributed by atoms with van der Waals surface area (Å²) in [6, 6.07) is 9.82. The van der Waals surface area contributed by atoms with Crippen LogP contribution in [0.25, 0.3) is 16.6 Å². The summed E-state index contributed by atoms with van der Waals surface area (Å²) in [5.41, 5.74) is 3.05. The van der Waals surface area contributed by atoms with Gasteiger partial charge in [0, 0.05) is 29.5 Å². The number of rotatable bonds is 4. The molecule has 212 valence electrons. The van der Waals surface area contributed by atoms with E-state index in [1.54, 1.807) is 4.90 Å². The topological polar surface area (TPSA) is 84.7 Å². The van der Waals surface area contributed by atoms with E-state index in [4.69, 9.17) is 4.74 Å². The Labute approximate surface area is 243 Å². The van der Waals surface area contributed by atoms with E-state index in [0.29, 0.717) is 18.5 Å². The van der Waals surface area contributed by atoms with E-state index in [9.17, 15) is 14.7 Å². The molecule has 1 aromatic heterocycles. The third kappa shape index (κ3) is 5.04. The lowest BCUT2D eigenvalue weighted by molar-refractivity contribution is 0.0204. The number of phenols is 1. The van der Waals surface area contributed by atoms with Gasteiger partial charge in [0.05, 0.1) is 16.6 Å². The zero-order valence-electron chi connectivity index (χ0n) is 23.6. The van der Waals surface area contributed by atoms with Gasteiger partial charge in [0.1, 0.15) is 17.2 Å². The molecule has 3 aliphatic rings. The largest absolute Gasteiger partial charge is 0.508 e. The first-order chi connectivity index (χ1) is 19.1. The number of halogens is 1. The molecular weight excluding hydrogens is 570 g/mol. The summed E-state index contributed by atoms with van der Waals surface area (Å²) in [4.78, 5) is 32.2. The minimum Gasteiger partial charge on any atom is -0.508 e. The third-order valence-corrected chi connectivity index (χ3v) is 9.58. The predicted molar refractivity (Wildman–Crippen MR) is 160 cm³/mol. The van der Waals surface area contributed by atoms with Gasteiger partial charge in [0.2, 0.25) is 0 Å². The fraction of sp³-hybridized carbons (Fsp3) is 0.531. The van der Waals surface area contributed by atoms with Crippen LogP contribution in [-0.2, 0) is 4.74 Å². The summed E-state index contributed by atoms with van der Waals surface area (Å²) >= 11 is 3.56. The van der Waals surface area contributed by atoms with E-state index in [1.807, 2.05) is 45.0 Å². The first-order valence-electron chi connectivity index (χ1n) is 14.7. The van der Waals surface area contributed by atoms with Crippen molar-refractivity contribution < 1.29 is 14.6 Å². The molecule has 8 heteroatoms. The molecule has 1 amide bonds. The van der Waals surface area contributed by atoms with Gasteiger partial charge in [0.15, 0.2) is 0 Å². The third-order valence-electron chi connectivity index (χ3n) is 8.92. The zero-order chi connectivity index (χ0) is 28.2. The lowest BCUT2D eigenvalue weighted by Gasteiger charge is -2.34. The average Bonchev–Trinajstić information content (AvgIpc) is 3.52. The highest BCUT2D eigenvalue weighted by atomic mass is 79.9. The van der Waals surface area contributed by atoms with Gasteiger partial charge in [-0.3, -0.25) is 9.36 Å². The first kappa shape index (κ1) is 27.3. The van der Waals surface area contributed by atoms with Crippen molar-refractivity contribution in [2.45, 2.75) is 89.6 Å². The van der Waals surface area contributed by atoms with Crippen LogP contribution in [0.3, 0.4) is 0 Å². The number of amides is 1. The van der Waals surface area contributed by atoms with Gasteiger partial charge in [-0.1, -0.05) is 31.7 Å². The lowest BCUT2D eigenvalue weighted by atomic mass is 9.84. The second-order valence-corrected chi connectivity index (χ2v) is 13.6. The van der Waals surface area contributed by atoms with Gasteiger partial charge in [-0.25, -0.2) is 4.79 Å². The molecule has 40 heavy (non-hydrogen) atoms. The Morgan fingerprint density at radius 1 is 1.07 bits per heavy atom. The normalized spacial score (nSPS) is 19.7. The summed E-state index contributed by atoms with van der Waals surface area (Å²) in [6.45, 7) is 6.83.